The van der Waals surface area contributed by atoms with E-state index < -0.39 is 0 Å². The van der Waals surface area contributed by atoms with Crippen LogP contribution in [0.5, 0.6) is 0 Å². The fraction of sp³-hybridized carbons (Fsp3) is 0.188. The Labute approximate surface area is 133 Å². The van der Waals surface area contributed by atoms with Crippen LogP contribution in [0, 0.1) is 6.92 Å². The number of nitrogens with zero attached hydrogens (tertiary/aromatic N) is 3. The highest BCUT2D eigenvalue weighted by molar-refractivity contribution is 5.80. The molecule has 3 aromatic rings. The van der Waals surface area contributed by atoms with E-state index in [2.05, 4.69) is 38.7 Å². The molecule has 0 fully saturated rings. The highest BCUT2D eigenvalue weighted by Crippen LogP contribution is 2.29. The average Bonchev–Trinajstić information content (AvgIpc) is 2.97. The number of aromatic nitrogens is 3. The number of aryl methyl sites for hydroxylation is 2. The first-order chi connectivity index (χ1) is 11.2. The first-order valence-corrected chi connectivity index (χ1v) is 7.33. The van der Waals surface area contributed by atoms with Gasteiger partial charge in [-0.05, 0) is 25.0 Å². The van der Waals surface area contributed by atoms with Gasteiger partial charge in [0.1, 0.15) is 17.8 Å². The van der Waals surface area contributed by atoms with Gasteiger partial charge in [0.05, 0.1) is 0 Å². The normalized spacial score (nSPS) is 10.5. The van der Waals surface area contributed by atoms with Gasteiger partial charge in [-0.3, -0.25) is 0 Å². The maximum atomic E-state index is 6.17. The molecule has 0 saturated heterocycles. The van der Waals surface area contributed by atoms with Crippen molar-refractivity contribution in [2.75, 3.05) is 16.4 Å². The van der Waals surface area contributed by atoms with E-state index >= 15 is 0 Å². The van der Waals surface area contributed by atoms with Crippen molar-refractivity contribution in [3.8, 4) is 0 Å². The third-order valence-corrected chi connectivity index (χ3v) is 3.41. The molecule has 7 nitrogen and oxygen atoms in total. The molecule has 7 heteroatoms. The highest BCUT2D eigenvalue weighted by Gasteiger charge is 2.11. The number of nitrogen functional groups attached to an aromatic ring is 1. The fourth-order valence-corrected chi connectivity index (χ4v) is 2.22. The molecule has 1 aromatic carbocycles. The quantitative estimate of drug-likeness (QED) is 0.663. The van der Waals surface area contributed by atoms with Crippen molar-refractivity contribution in [1.29, 1.82) is 0 Å². The molecule has 0 atom stereocenters. The Morgan fingerprint density at radius 2 is 1.87 bits per heavy atom. The second-order valence-corrected chi connectivity index (χ2v) is 5.07. The molecule has 0 amide bonds. The molecule has 2 heterocycles. The first kappa shape index (κ1) is 14.8. The Hall–Kier alpha value is -3.09. The number of nitrogens with two attached hydrogens (primary N) is 1. The van der Waals surface area contributed by atoms with Crippen LogP contribution in [0.3, 0.4) is 0 Å². The van der Waals surface area contributed by atoms with Gasteiger partial charge in [-0.25, -0.2) is 9.97 Å². The van der Waals surface area contributed by atoms with E-state index in [1.807, 2.05) is 25.1 Å². The van der Waals surface area contributed by atoms with Gasteiger partial charge in [0.2, 0.25) is 0 Å². The lowest BCUT2D eigenvalue weighted by Crippen LogP contribution is -2.06. The molecule has 2 aromatic heterocycles. The van der Waals surface area contributed by atoms with Gasteiger partial charge in [-0.2, -0.15) is 0 Å². The Balaban J connectivity index is 1.87. The van der Waals surface area contributed by atoms with Crippen molar-refractivity contribution in [3.63, 3.8) is 0 Å². The van der Waals surface area contributed by atoms with E-state index in [4.69, 9.17) is 10.3 Å². The summed E-state index contributed by atoms with van der Waals surface area (Å²) < 4.78 is 5.02. The van der Waals surface area contributed by atoms with Crippen LogP contribution in [-0.4, -0.2) is 15.1 Å². The van der Waals surface area contributed by atoms with E-state index in [-0.39, 0.29) is 0 Å². The topological polar surface area (TPSA) is 102 Å². The van der Waals surface area contributed by atoms with Crippen LogP contribution in [0.25, 0.3) is 0 Å². The molecule has 0 bridgehead atoms. The Bertz CT molecular complexity index is 814. The molecule has 0 radical (unpaired) electrons. The number of benzene rings is 1. The summed E-state index contributed by atoms with van der Waals surface area (Å²) in [5.74, 6) is 2.27. The van der Waals surface area contributed by atoms with Gasteiger partial charge in [-0.1, -0.05) is 30.3 Å². The maximum absolute atomic E-state index is 6.17. The lowest BCUT2D eigenvalue weighted by Gasteiger charge is -2.13. The summed E-state index contributed by atoms with van der Waals surface area (Å²) in [5.41, 5.74) is 8.75. The predicted molar refractivity (Wildman–Crippen MR) is 90.1 cm³/mol. The van der Waals surface area contributed by atoms with Crippen LogP contribution in [0.4, 0.5) is 28.8 Å². The molecule has 0 unspecified atom stereocenters. The van der Waals surface area contributed by atoms with Crippen LogP contribution in [0.1, 0.15) is 18.2 Å². The minimum Gasteiger partial charge on any atom is -0.393 e. The molecule has 0 aliphatic heterocycles. The van der Waals surface area contributed by atoms with Crippen molar-refractivity contribution < 1.29 is 4.52 Å². The number of para-hydroxylation sites is 1. The molecule has 0 saturated carbocycles. The molecule has 0 spiro atoms. The van der Waals surface area contributed by atoms with Gasteiger partial charge in [0, 0.05) is 11.8 Å². The van der Waals surface area contributed by atoms with Crippen LogP contribution in [0.15, 0.2) is 41.2 Å². The number of rotatable bonds is 5. The van der Waals surface area contributed by atoms with Crippen LogP contribution < -0.4 is 16.4 Å². The maximum Gasteiger partial charge on any atom is 0.175 e. The molecule has 118 valence electrons. The van der Waals surface area contributed by atoms with Crippen LogP contribution >= 0.6 is 0 Å². The lowest BCUT2D eigenvalue weighted by molar-refractivity contribution is 0.400. The number of anilines is 5. The van der Waals surface area contributed by atoms with Crippen molar-refractivity contribution >= 4 is 28.8 Å². The van der Waals surface area contributed by atoms with Gasteiger partial charge in [0.25, 0.3) is 0 Å². The third-order valence-electron chi connectivity index (χ3n) is 3.41. The molecule has 4 N–H and O–H groups in total. The summed E-state index contributed by atoms with van der Waals surface area (Å²) in [7, 11) is 0. The van der Waals surface area contributed by atoms with E-state index in [0.717, 1.165) is 12.1 Å². The molecule has 0 aliphatic carbocycles. The van der Waals surface area contributed by atoms with Gasteiger partial charge in [-0.15, -0.1) is 0 Å². The second-order valence-electron chi connectivity index (χ2n) is 5.07. The second kappa shape index (κ2) is 6.35. The van der Waals surface area contributed by atoms with Gasteiger partial charge in [0.15, 0.2) is 17.5 Å². The fourth-order valence-electron chi connectivity index (χ4n) is 2.22. The lowest BCUT2D eigenvalue weighted by atomic mass is 10.1. The summed E-state index contributed by atoms with van der Waals surface area (Å²) >= 11 is 0. The average molecular weight is 310 g/mol. The van der Waals surface area contributed by atoms with Crippen molar-refractivity contribution in [1.82, 2.24) is 15.1 Å². The number of nitrogens with one attached hydrogen (secondary N) is 2. The van der Waals surface area contributed by atoms with E-state index in [9.17, 15) is 0 Å². The van der Waals surface area contributed by atoms with E-state index in [0.29, 0.717) is 28.9 Å². The zero-order valence-electron chi connectivity index (χ0n) is 13.0. The van der Waals surface area contributed by atoms with E-state index in [1.165, 1.54) is 11.9 Å². The Kier molecular flexibility index (Phi) is 4.09. The smallest absolute Gasteiger partial charge is 0.175 e. The van der Waals surface area contributed by atoms with Crippen molar-refractivity contribution in [2.24, 2.45) is 0 Å². The van der Waals surface area contributed by atoms with Crippen molar-refractivity contribution in [3.05, 3.63) is 48.0 Å². The molecule has 3 rings (SSSR count). The minimum atomic E-state index is 0.416. The van der Waals surface area contributed by atoms with Crippen LogP contribution in [0.2, 0.25) is 0 Å². The summed E-state index contributed by atoms with van der Waals surface area (Å²) in [5, 5.41) is 10.2. The summed E-state index contributed by atoms with van der Waals surface area (Å²) in [6.45, 7) is 3.92. The standard InChI is InChI=1S/C16H18N6O/c1-3-11-6-4-5-7-12(11)20-15-14(17)16(19-9-18-15)21-13-8-10(2)23-22-13/h4-9H,3,17H2,1-2H3,(H2,18,19,20,21,22). The minimum absolute atomic E-state index is 0.416. The van der Waals surface area contributed by atoms with Gasteiger partial charge < -0.3 is 20.9 Å². The monoisotopic (exact) mass is 310 g/mol. The summed E-state index contributed by atoms with van der Waals surface area (Å²) in [6.07, 6.45) is 2.36. The third kappa shape index (κ3) is 3.23. The summed E-state index contributed by atoms with van der Waals surface area (Å²) in [4.78, 5) is 8.38. The molecular weight excluding hydrogens is 292 g/mol. The molecular formula is C16H18N6O. The SMILES string of the molecule is CCc1ccccc1Nc1ncnc(Nc2cc(C)on2)c1N. The summed E-state index contributed by atoms with van der Waals surface area (Å²) in [6, 6.07) is 9.80. The van der Waals surface area contributed by atoms with Crippen molar-refractivity contribution in [2.45, 2.75) is 20.3 Å². The largest absolute Gasteiger partial charge is 0.393 e. The molecule has 23 heavy (non-hydrogen) atoms. The van der Waals surface area contributed by atoms with E-state index in [1.54, 1.807) is 6.07 Å². The number of hydrogen-bond acceptors (Lipinski definition) is 7. The number of hydrogen-bond donors (Lipinski definition) is 3. The van der Waals surface area contributed by atoms with Gasteiger partial charge >= 0.3 is 0 Å². The Morgan fingerprint density at radius 3 is 2.57 bits per heavy atom. The predicted octanol–water partition coefficient (Wildman–Crippen LogP) is 3.40. The first-order valence-electron chi connectivity index (χ1n) is 7.33. The highest BCUT2D eigenvalue weighted by atomic mass is 16.5. The van der Waals surface area contributed by atoms with Crippen LogP contribution in [-0.2, 0) is 6.42 Å². The zero-order chi connectivity index (χ0) is 16.2. The Morgan fingerprint density at radius 1 is 1.13 bits per heavy atom. The molecule has 0 aliphatic rings. The zero-order valence-corrected chi connectivity index (χ0v) is 13.0.